The Morgan fingerprint density at radius 2 is 0.822 bits per heavy atom. The van der Waals surface area contributed by atoms with Crippen LogP contribution in [0, 0.1) is 0 Å². The van der Waals surface area contributed by atoms with Crippen molar-refractivity contribution < 1.29 is 0 Å². The van der Waals surface area contributed by atoms with Crippen LogP contribution in [0.2, 0.25) is 0 Å². The quantitative estimate of drug-likeness (QED) is 0.218. The SMILES string of the molecule is c1ccc(-n2c3ccccc3c3cc(-c4ccc5c(c4)c4ccccc4n5-c4ccc5[nH]c6ccccc6c5c4)ccc32)cc1. The molecule has 0 aliphatic rings. The molecule has 0 bridgehead atoms. The van der Waals surface area contributed by atoms with Crippen molar-refractivity contribution in [2.45, 2.75) is 0 Å². The molecule has 7 aromatic carbocycles. The fraction of sp³-hybridized carbons (Fsp3) is 0. The fourth-order valence-electron chi connectivity index (χ4n) is 7.41. The summed E-state index contributed by atoms with van der Waals surface area (Å²) in [5, 5.41) is 7.55. The average molecular weight is 574 g/mol. The monoisotopic (exact) mass is 573 g/mol. The first-order valence-corrected chi connectivity index (χ1v) is 15.4. The number of hydrogen-bond acceptors (Lipinski definition) is 0. The molecular formula is C42H27N3. The maximum Gasteiger partial charge on any atom is 0.0541 e. The van der Waals surface area contributed by atoms with Crippen LogP contribution in [-0.4, -0.2) is 14.1 Å². The van der Waals surface area contributed by atoms with Gasteiger partial charge in [0.1, 0.15) is 0 Å². The van der Waals surface area contributed by atoms with Crippen LogP contribution in [0.25, 0.3) is 87.9 Å². The number of nitrogens with one attached hydrogen (secondary N) is 1. The van der Waals surface area contributed by atoms with Gasteiger partial charge in [0.25, 0.3) is 0 Å². The Morgan fingerprint density at radius 1 is 0.311 bits per heavy atom. The minimum Gasteiger partial charge on any atom is -0.355 e. The van der Waals surface area contributed by atoms with Gasteiger partial charge in [-0.15, -0.1) is 0 Å². The van der Waals surface area contributed by atoms with Gasteiger partial charge in [0.15, 0.2) is 0 Å². The van der Waals surface area contributed by atoms with Crippen molar-refractivity contribution in [3.05, 3.63) is 158 Å². The van der Waals surface area contributed by atoms with E-state index < -0.39 is 0 Å². The van der Waals surface area contributed by atoms with Crippen molar-refractivity contribution in [3.63, 3.8) is 0 Å². The molecule has 0 unspecified atom stereocenters. The molecule has 210 valence electrons. The first-order valence-electron chi connectivity index (χ1n) is 15.4. The Bertz CT molecular complexity index is 2760. The first kappa shape index (κ1) is 24.4. The Balaban J connectivity index is 1.18. The van der Waals surface area contributed by atoms with Crippen LogP contribution in [0.15, 0.2) is 158 Å². The van der Waals surface area contributed by atoms with Crippen LogP contribution in [0.4, 0.5) is 0 Å². The topological polar surface area (TPSA) is 25.6 Å². The van der Waals surface area contributed by atoms with Crippen molar-refractivity contribution in [1.82, 2.24) is 14.1 Å². The van der Waals surface area contributed by atoms with E-state index in [0.717, 1.165) is 5.52 Å². The average Bonchev–Trinajstić information content (AvgIpc) is 3.75. The lowest BCUT2D eigenvalue weighted by Gasteiger charge is -2.10. The number of hydrogen-bond donors (Lipinski definition) is 1. The molecule has 3 aromatic heterocycles. The van der Waals surface area contributed by atoms with E-state index in [1.807, 2.05) is 0 Å². The lowest BCUT2D eigenvalue weighted by atomic mass is 10.0. The summed E-state index contributed by atoms with van der Waals surface area (Å²) in [6.45, 7) is 0. The van der Waals surface area contributed by atoms with E-state index in [4.69, 9.17) is 0 Å². The number of nitrogens with zero attached hydrogens (tertiary/aromatic N) is 2. The smallest absolute Gasteiger partial charge is 0.0541 e. The molecule has 10 aromatic rings. The van der Waals surface area contributed by atoms with Crippen molar-refractivity contribution in [2.75, 3.05) is 0 Å². The zero-order valence-corrected chi connectivity index (χ0v) is 24.4. The molecule has 0 saturated heterocycles. The van der Waals surface area contributed by atoms with Gasteiger partial charge in [0.2, 0.25) is 0 Å². The summed E-state index contributed by atoms with van der Waals surface area (Å²) >= 11 is 0. The molecule has 0 saturated carbocycles. The summed E-state index contributed by atoms with van der Waals surface area (Å²) in [7, 11) is 0. The van der Waals surface area contributed by atoms with E-state index in [9.17, 15) is 0 Å². The highest BCUT2D eigenvalue weighted by Crippen LogP contribution is 2.39. The van der Waals surface area contributed by atoms with E-state index in [1.165, 1.54) is 82.4 Å². The molecule has 0 spiro atoms. The Morgan fingerprint density at radius 3 is 1.49 bits per heavy atom. The second-order valence-electron chi connectivity index (χ2n) is 11.9. The number of para-hydroxylation sites is 4. The highest BCUT2D eigenvalue weighted by molar-refractivity contribution is 6.13. The van der Waals surface area contributed by atoms with E-state index in [1.54, 1.807) is 0 Å². The summed E-state index contributed by atoms with van der Waals surface area (Å²) in [6.07, 6.45) is 0. The molecule has 3 heterocycles. The zero-order chi connectivity index (χ0) is 29.5. The summed E-state index contributed by atoms with van der Waals surface area (Å²) in [5.74, 6) is 0. The van der Waals surface area contributed by atoms with Gasteiger partial charge in [-0.25, -0.2) is 0 Å². The van der Waals surface area contributed by atoms with Gasteiger partial charge < -0.3 is 14.1 Å². The van der Waals surface area contributed by atoms with Crippen molar-refractivity contribution in [2.24, 2.45) is 0 Å². The molecule has 0 radical (unpaired) electrons. The van der Waals surface area contributed by atoms with Gasteiger partial charge in [-0.2, -0.15) is 0 Å². The van der Waals surface area contributed by atoms with Crippen molar-refractivity contribution in [1.29, 1.82) is 0 Å². The lowest BCUT2D eigenvalue weighted by molar-refractivity contribution is 1.18. The highest BCUT2D eigenvalue weighted by Gasteiger charge is 2.16. The number of H-pyrrole nitrogens is 1. The number of fused-ring (bicyclic) bond motifs is 9. The third-order valence-corrected chi connectivity index (χ3v) is 9.44. The van der Waals surface area contributed by atoms with E-state index in [2.05, 4.69) is 172 Å². The molecule has 3 nitrogen and oxygen atoms in total. The van der Waals surface area contributed by atoms with Crippen LogP contribution in [0.5, 0.6) is 0 Å². The van der Waals surface area contributed by atoms with Crippen LogP contribution < -0.4 is 0 Å². The number of aromatic amines is 1. The summed E-state index contributed by atoms with van der Waals surface area (Å²) in [4.78, 5) is 3.57. The summed E-state index contributed by atoms with van der Waals surface area (Å²) < 4.78 is 4.78. The summed E-state index contributed by atoms with van der Waals surface area (Å²) in [6, 6.07) is 57.3. The second kappa shape index (κ2) is 9.22. The third-order valence-electron chi connectivity index (χ3n) is 9.44. The van der Waals surface area contributed by atoms with Gasteiger partial charge >= 0.3 is 0 Å². The number of benzene rings is 7. The molecule has 0 atom stereocenters. The van der Waals surface area contributed by atoms with Crippen LogP contribution in [-0.2, 0) is 0 Å². The second-order valence-corrected chi connectivity index (χ2v) is 11.9. The van der Waals surface area contributed by atoms with Gasteiger partial charge in [-0.1, -0.05) is 84.9 Å². The Hall–Kier alpha value is -6.06. The predicted molar refractivity (Wildman–Crippen MR) is 190 cm³/mol. The van der Waals surface area contributed by atoms with E-state index in [-0.39, 0.29) is 0 Å². The maximum absolute atomic E-state index is 3.57. The maximum atomic E-state index is 3.57. The van der Waals surface area contributed by atoms with E-state index in [0.29, 0.717) is 0 Å². The van der Waals surface area contributed by atoms with Gasteiger partial charge in [-0.05, 0) is 83.9 Å². The van der Waals surface area contributed by atoms with Crippen LogP contribution >= 0.6 is 0 Å². The largest absolute Gasteiger partial charge is 0.355 e. The minimum absolute atomic E-state index is 1.16. The normalized spacial score (nSPS) is 12.0. The highest BCUT2D eigenvalue weighted by atomic mass is 15.0. The lowest BCUT2D eigenvalue weighted by Crippen LogP contribution is -1.93. The Labute approximate surface area is 259 Å². The fourth-order valence-corrected chi connectivity index (χ4v) is 7.41. The number of rotatable bonds is 3. The van der Waals surface area contributed by atoms with E-state index >= 15 is 0 Å². The van der Waals surface area contributed by atoms with Crippen molar-refractivity contribution >= 4 is 65.4 Å². The Kier molecular flexibility index (Phi) is 5.00. The van der Waals surface area contributed by atoms with Gasteiger partial charge in [-0.3, -0.25) is 0 Å². The first-order chi connectivity index (χ1) is 22.3. The molecule has 1 N–H and O–H groups in total. The van der Waals surface area contributed by atoms with Gasteiger partial charge in [0.05, 0.1) is 22.1 Å². The standard InChI is InChI=1S/C42H27N3/c1-2-10-29(11-3-1)44-39-16-8-5-13-32(39)35-24-27(18-22-41(35)44)28-19-23-42-36(25-28)33-14-6-9-17-40(33)45(42)30-20-21-38-34(26-30)31-12-4-7-15-37(31)43-38/h1-26,43H. The third kappa shape index (κ3) is 3.52. The predicted octanol–water partition coefficient (Wildman–Crippen LogP) is 11.2. The zero-order valence-electron chi connectivity index (χ0n) is 24.4. The van der Waals surface area contributed by atoms with Crippen molar-refractivity contribution in [3.8, 4) is 22.5 Å². The minimum atomic E-state index is 1.16. The number of aromatic nitrogens is 3. The molecule has 0 aliphatic carbocycles. The molecule has 0 aliphatic heterocycles. The molecule has 3 heteroatoms. The molecule has 10 rings (SSSR count). The van der Waals surface area contributed by atoms with Gasteiger partial charge in [0, 0.05) is 54.7 Å². The van der Waals surface area contributed by atoms with Crippen LogP contribution in [0.1, 0.15) is 0 Å². The summed E-state index contributed by atoms with van der Waals surface area (Å²) in [5.41, 5.74) is 12.0. The molecular weight excluding hydrogens is 546 g/mol. The molecule has 0 amide bonds. The van der Waals surface area contributed by atoms with Crippen LogP contribution in [0.3, 0.4) is 0 Å². The molecule has 45 heavy (non-hydrogen) atoms. The molecule has 0 fully saturated rings.